The highest BCUT2D eigenvalue weighted by molar-refractivity contribution is 5.23. The van der Waals surface area contributed by atoms with Crippen LogP contribution in [0.1, 0.15) is 55.3 Å². The third kappa shape index (κ3) is 3.56. The van der Waals surface area contributed by atoms with Crippen molar-refractivity contribution in [2.45, 2.75) is 58.2 Å². The van der Waals surface area contributed by atoms with E-state index in [4.69, 9.17) is 9.72 Å². The van der Waals surface area contributed by atoms with Gasteiger partial charge in [0.2, 0.25) is 5.88 Å². The van der Waals surface area contributed by atoms with Crippen molar-refractivity contribution >= 4 is 0 Å². The Bertz CT molecular complexity index is 710. The first-order valence-corrected chi connectivity index (χ1v) is 8.86. The Morgan fingerprint density at radius 2 is 2.08 bits per heavy atom. The summed E-state index contributed by atoms with van der Waals surface area (Å²) in [5, 5.41) is 0. The van der Waals surface area contributed by atoms with Gasteiger partial charge in [0.25, 0.3) is 0 Å². The van der Waals surface area contributed by atoms with Crippen molar-refractivity contribution in [3.8, 4) is 5.88 Å². The van der Waals surface area contributed by atoms with Crippen molar-refractivity contribution < 1.29 is 4.74 Å². The zero-order valence-corrected chi connectivity index (χ0v) is 14.4. The van der Waals surface area contributed by atoms with E-state index < -0.39 is 0 Å². The molecule has 0 bridgehead atoms. The lowest BCUT2D eigenvalue weighted by Crippen LogP contribution is -2.31. The summed E-state index contributed by atoms with van der Waals surface area (Å²) in [6.45, 7) is 6.89. The van der Waals surface area contributed by atoms with Gasteiger partial charge in [-0.25, -0.2) is 15.0 Å². The summed E-state index contributed by atoms with van der Waals surface area (Å²) in [4.78, 5) is 16.2. The van der Waals surface area contributed by atoms with E-state index in [0.717, 1.165) is 31.9 Å². The SMILES string of the molecule is CC(C)Oc1ccc(CN2CCc3nc(C4CC4)ncc3C2)cn1. The number of ether oxygens (including phenoxy) is 1. The molecule has 2 aromatic rings. The molecule has 24 heavy (non-hydrogen) atoms. The highest BCUT2D eigenvalue weighted by atomic mass is 16.5. The number of hydrogen-bond acceptors (Lipinski definition) is 5. The van der Waals surface area contributed by atoms with Crippen molar-refractivity contribution in [3.63, 3.8) is 0 Å². The van der Waals surface area contributed by atoms with Gasteiger partial charge in [0, 0.05) is 61.7 Å². The Labute approximate surface area is 143 Å². The minimum absolute atomic E-state index is 0.155. The predicted octanol–water partition coefficient (Wildman–Crippen LogP) is 3.09. The number of pyridine rings is 1. The Morgan fingerprint density at radius 1 is 1.21 bits per heavy atom. The van der Waals surface area contributed by atoms with Crippen LogP contribution < -0.4 is 4.74 Å². The van der Waals surface area contributed by atoms with Gasteiger partial charge in [0.05, 0.1) is 6.10 Å². The van der Waals surface area contributed by atoms with E-state index in [1.165, 1.54) is 29.7 Å². The lowest BCUT2D eigenvalue weighted by Gasteiger charge is -2.28. The molecule has 1 aliphatic heterocycles. The van der Waals surface area contributed by atoms with E-state index in [9.17, 15) is 0 Å². The molecular formula is C19H24N4O. The minimum atomic E-state index is 0.155. The Balaban J connectivity index is 1.39. The maximum Gasteiger partial charge on any atom is 0.213 e. The summed E-state index contributed by atoms with van der Waals surface area (Å²) < 4.78 is 5.60. The molecule has 2 aromatic heterocycles. The first-order valence-electron chi connectivity index (χ1n) is 8.86. The van der Waals surface area contributed by atoms with E-state index in [1.54, 1.807) is 0 Å². The van der Waals surface area contributed by atoms with E-state index in [2.05, 4.69) is 20.9 Å². The fourth-order valence-electron chi connectivity index (χ4n) is 3.14. The van der Waals surface area contributed by atoms with Gasteiger partial charge in [-0.3, -0.25) is 4.90 Å². The number of hydrogen-bond donors (Lipinski definition) is 0. The fourth-order valence-corrected chi connectivity index (χ4v) is 3.14. The number of nitrogens with zero attached hydrogens (tertiary/aromatic N) is 4. The zero-order valence-electron chi connectivity index (χ0n) is 14.4. The second-order valence-electron chi connectivity index (χ2n) is 7.11. The second kappa shape index (κ2) is 6.48. The van der Waals surface area contributed by atoms with Gasteiger partial charge < -0.3 is 4.74 Å². The molecule has 2 aliphatic rings. The molecule has 1 aliphatic carbocycles. The maximum atomic E-state index is 5.60. The van der Waals surface area contributed by atoms with E-state index >= 15 is 0 Å². The number of fused-ring (bicyclic) bond motifs is 1. The van der Waals surface area contributed by atoms with Gasteiger partial charge in [0.15, 0.2) is 0 Å². The summed E-state index contributed by atoms with van der Waals surface area (Å²) in [7, 11) is 0. The molecule has 0 N–H and O–H groups in total. The van der Waals surface area contributed by atoms with Crippen molar-refractivity contribution in [1.82, 2.24) is 19.9 Å². The van der Waals surface area contributed by atoms with Gasteiger partial charge in [0.1, 0.15) is 5.82 Å². The van der Waals surface area contributed by atoms with Gasteiger partial charge in [-0.05, 0) is 32.3 Å². The summed E-state index contributed by atoms with van der Waals surface area (Å²) in [5.74, 6) is 2.39. The van der Waals surface area contributed by atoms with Crippen LogP contribution in [0.3, 0.4) is 0 Å². The second-order valence-corrected chi connectivity index (χ2v) is 7.11. The fraction of sp³-hybridized carbons (Fsp3) is 0.526. The van der Waals surface area contributed by atoms with Gasteiger partial charge in [-0.2, -0.15) is 0 Å². The van der Waals surface area contributed by atoms with Crippen LogP contribution in [0.15, 0.2) is 24.5 Å². The summed E-state index contributed by atoms with van der Waals surface area (Å²) in [6.07, 6.45) is 7.64. The summed E-state index contributed by atoms with van der Waals surface area (Å²) >= 11 is 0. The molecule has 0 aromatic carbocycles. The van der Waals surface area contributed by atoms with Crippen LogP contribution in [0.5, 0.6) is 5.88 Å². The molecule has 1 fully saturated rings. The van der Waals surface area contributed by atoms with Crippen molar-refractivity contribution in [3.05, 3.63) is 47.2 Å². The zero-order chi connectivity index (χ0) is 16.5. The number of aromatic nitrogens is 3. The van der Waals surface area contributed by atoms with E-state index in [-0.39, 0.29) is 6.10 Å². The van der Waals surface area contributed by atoms with Crippen LogP contribution in [0.2, 0.25) is 0 Å². The minimum Gasteiger partial charge on any atom is -0.475 e. The predicted molar refractivity (Wildman–Crippen MR) is 91.8 cm³/mol. The topological polar surface area (TPSA) is 51.1 Å². The van der Waals surface area contributed by atoms with Crippen LogP contribution in [0.4, 0.5) is 0 Å². The lowest BCUT2D eigenvalue weighted by molar-refractivity contribution is 0.230. The summed E-state index contributed by atoms with van der Waals surface area (Å²) in [6, 6.07) is 4.06. The van der Waals surface area contributed by atoms with Gasteiger partial charge >= 0.3 is 0 Å². The molecular weight excluding hydrogens is 300 g/mol. The molecule has 5 nitrogen and oxygen atoms in total. The monoisotopic (exact) mass is 324 g/mol. The Hall–Kier alpha value is -2.01. The highest BCUT2D eigenvalue weighted by Gasteiger charge is 2.28. The highest BCUT2D eigenvalue weighted by Crippen LogP contribution is 2.38. The molecule has 126 valence electrons. The number of rotatable bonds is 5. The Kier molecular flexibility index (Phi) is 4.19. The molecule has 0 atom stereocenters. The smallest absolute Gasteiger partial charge is 0.213 e. The first kappa shape index (κ1) is 15.5. The van der Waals surface area contributed by atoms with Crippen LogP contribution in [0.25, 0.3) is 0 Å². The van der Waals surface area contributed by atoms with Crippen molar-refractivity contribution in [2.24, 2.45) is 0 Å². The third-order valence-electron chi connectivity index (χ3n) is 4.53. The molecule has 0 amide bonds. The largest absolute Gasteiger partial charge is 0.475 e. The Morgan fingerprint density at radius 3 is 2.79 bits per heavy atom. The normalized spacial score (nSPS) is 17.8. The van der Waals surface area contributed by atoms with Crippen LogP contribution >= 0.6 is 0 Å². The molecule has 0 radical (unpaired) electrons. The average Bonchev–Trinajstić information content (AvgIpc) is 3.41. The maximum absolute atomic E-state index is 5.60. The lowest BCUT2D eigenvalue weighted by atomic mass is 10.1. The third-order valence-corrected chi connectivity index (χ3v) is 4.53. The van der Waals surface area contributed by atoms with Crippen molar-refractivity contribution in [2.75, 3.05) is 6.54 Å². The first-order chi connectivity index (χ1) is 11.7. The summed E-state index contributed by atoms with van der Waals surface area (Å²) in [5.41, 5.74) is 3.74. The van der Waals surface area contributed by atoms with Crippen molar-refractivity contribution in [1.29, 1.82) is 0 Å². The van der Waals surface area contributed by atoms with E-state index in [0.29, 0.717) is 11.8 Å². The van der Waals surface area contributed by atoms with E-state index in [1.807, 2.05) is 32.3 Å². The van der Waals surface area contributed by atoms with Crippen LogP contribution in [-0.4, -0.2) is 32.5 Å². The molecule has 0 spiro atoms. The standard InChI is InChI=1S/C19H24N4O/c1-13(2)24-18-6-3-14(9-20-18)11-23-8-7-17-16(12-23)10-21-19(22-17)15-4-5-15/h3,6,9-10,13,15H,4-5,7-8,11-12H2,1-2H3. The molecule has 4 rings (SSSR count). The van der Waals surface area contributed by atoms with Crippen LogP contribution in [0, 0.1) is 0 Å². The quantitative estimate of drug-likeness (QED) is 0.846. The van der Waals surface area contributed by atoms with Crippen LogP contribution in [-0.2, 0) is 19.5 Å². The molecule has 3 heterocycles. The molecule has 5 heteroatoms. The van der Waals surface area contributed by atoms with Gasteiger partial charge in [-0.15, -0.1) is 0 Å². The average molecular weight is 324 g/mol. The van der Waals surface area contributed by atoms with Gasteiger partial charge in [-0.1, -0.05) is 6.07 Å². The molecule has 0 unspecified atom stereocenters. The molecule has 1 saturated carbocycles. The molecule has 0 saturated heterocycles.